The lowest BCUT2D eigenvalue weighted by Gasteiger charge is -2.02. The zero-order chi connectivity index (χ0) is 9.54. The van der Waals surface area contributed by atoms with Crippen molar-refractivity contribution in [3.8, 4) is 17.0 Å². The molecule has 0 aliphatic heterocycles. The molecule has 0 atom stereocenters. The highest BCUT2D eigenvalue weighted by atomic mass is 16.5. The van der Waals surface area contributed by atoms with Crippen LogP contribution in [0.2, 0.25) is 0 Å². The van der Waals surface area contributed by atoms with Gasteiger partial charge in [0.2, 0.25) is 0 Å². The van der Waals surface area contributed by atoms with E-state index in [1.165, 1.54) is 5.56 Å². The summed E-state index contributed by atoms with van der Waals surface area (Å²) in [7, 11) is 1.67. The predicted octanol–water partition coefficient (Wildman–Crippen LogP) is 1.79. The van der Waals surface area contributed by atoms with Crippen LogP contribution in [-0.4, -0.2) is 17.3 Å². The molecule has 1 aromatic heterocycles. The number of aromatic nitrogens is 2. The number of fused-ring (bicyclic) bond motifs is 3. The highest BCUT2D eigenvalue weighted by Crippen LogP contribution is 2.36. The fraction of sp³-hybridized carbons (Fsp3) is 0.182. The molecule has 69 valence electrons. The van der Waals surface area contributed by atoms with Crippen LogP contribution in [0.4, 0.5) is 0 Å². The largest absolute Gasteiger partial charge is 0.497 e. The second-order valence-electron chi connectivity index (χ2n) is 3.38. The molecule has 1 radical (unpaired) electrons. The topological polar surface area (TPSA) is 37.9 Å². The maximum atomic E-state index is 5.18. The summed E-state index contributed by atoms with van der Waals surface area (Å²) < 4.78 is 5.18. The van der Waals surface area contributed by atoms with E-state index in [0.29, 0.717) is 0 Å². The van der Waals surface area contributed by atoms with E-state index >= 15 is 0 Å². The first kappa shape index (κ1) is 7.62. The highest BCUT2D eigenvalue weighted by Gasteiger charge is 2.21. The van der Waals surface area contributed by atoms with Crippen molar-refractivity contribution in [1.29, 1.82) is 0 Å². The summed E-state index contributed by atoms with van der Waals surface area (Å²) in [6.45, 7) is 0. The standard InChI is InChI=1S/C11H9N2O/c1-14-9-3-2-7-4-8-6-12-13-11(8)10(7)5-9/h2-3,5H,4H2,1H3,(H,12,13). The SMILES string of the molecule is COc1ccc2c(c1)-c1n[nH][c]c1C2. The van der Waals surface area contributed by atoms with E-state index in [4.69, 9.17) is 4.74 Å². The van der Waals surface area contributed by atoms with Gasteiger partial charge in [-0.3, -0.25) is 5.10 Å². The lowest BCUT2D eigenvalue weighted by atomic mass is 10.1. The van der Waals surface area contributed by atoms with E-state index in [1.54, 1.807) is 7.11 Å². The summed E-state index contributed by atoms with van der Waals surface area (Å²) >= 11 is 0. The molecule has 2 aromatic rings. The molecule has 1 heterocycles. The molecule has 3 rings (SSSR count). The van der Waals surface area contributed by atoms with E-state index in [2.05, 4.69) is 22.5 Å². The molecular formula is C11H9N2O. The second-order valence-corrected chi connectivity index (χ2v) is 3.38. The van der Waals surface area contributed by atoms with Crippen molar-refractivity contribution >= 4 is 0 Å². The van der Waals surface area contributed by atoms with Gasteiger partial charge in [0.1, 0.15) is 5.75 Å². The third-order valence-electron chi connectivity index (χ3n) is 2.60. The Morgan fingerprint density at radius 2 is 2.43 bits per heavy atom. The molecule has 1 aromatic carbocycles. The predicted molar refractivity (Wildman–Crippen MR) is 52.2 cm³/mol. The molecule has 0 unspecified atom stereocenters. The van der Waals surface area contributed by atoms with Crippen LogP contribution in [0, 0.1) is 6.20 Å². The van der Waals surface area contributed by atoms with Gasteiger partial charge in [0.05, 0.1) is 19.0 Å². The lowest BCUT2D eigenvalue weighted by molar-refractivity contribution is 0.415. The zero-order valence-electron chi connectivity index (χ0n) is 7.79. The minimum absolute atomic E-state index is 0.875. The summed E-state index contributed by atoms with van der Waals surface area (Å²) in [6, 6.07) is 6.09. The molecule has 3 nitrogen and oxygen atoms in total. The maximum absolute atomic E-state index is 5.18. The summed E-state index contributed by atoms with van der Waals surface area (Å²) in [6.07, 6.45) is 3.95. The Kier molecular flexibility index (Phi) is 1.42. The van der Waals surface area contributed by atoms with Crippen molar-refractivity contribution in [3.05, 3.63) is 35.5 Å². The fourth-order valence-electron chi connectivity index (χ4n) is 1.88. The van der Waals surface area contributed by atoms with Crippen LogP contribution >= 0.6 is 0 Å². The molecule has 1 aliphatic carbocycles. The van der Waals surface area contributed by atoms with E-state index in [-0.39, 0.29) is 0 Å². The van der Waals surface area contributed by atoms with Crippen LogP contribution in [0.5, 0.6) is 5.75 Å². The number of ether oxygens (including phenoxy) is 1. The summed E-state index contributed by atoms with van der Waals surface area (Å²) in [4.78, 5) is 0. The van der Waals surface area contributed by atoms with Gasteiger partial charge in [-0.05, 0) is 17.7 Å². The van der Waals surface area contributed by atoms with Gasteiger partial charge in [0.25, 0.3) is 0 Å². The van der Waals surface area contributed by atoms with Crippen molar-refractivity contribution < 1.29 is 4.74 Å². The summed E-state index contributed by atoms with van der Waals surface area (Å²) in [5, 5.41) is 6.94. The third-order valence-corrected chi connectivity index (χ3v) is 2.60. The highest BCUT2D eigenvalue weighted by molar-refractivity contribution is 5.74. The van der Waals surface area contributed by atoms with Crippen LogP contribution in [0.3, 0.4) is 0 Å². The smallest absolute Gasteiger partial charge is 0.119 e. The van der Waals surface area contributed by atoms with Gasteiger partial charge in [-0.2, -0.15) is 5.10 Å². The first-order valence-corrected chi connectivity index (χ1v) is 4.50. The fourth-order valence-corrected chi connectivity index (χ4v) is 1.88. The number of hydrogen-bond acceptors (Lipinski definition) is 2. The zero-order valence-corrected chi connectivity index (χ0v) is 7.79. The number of nitrogens with one attached hydrogen (secondary N) is 1. The number of H-pyrrole nitrogens is 1. The number of methoxy groups -OCH3 is 1. The van der Waals surface area contributed by atoms with Crippen molar-refractivity contribution in [2.75, 3.05) is 7.11 Å². The molecule has 0 fully saturated rings. The van der Waals surface area contributed by atoms with Crippen LogP contribution in [0.15, 0.2) is 18.2 Å². The van der Waals surface area contributed by atoms with Crippen LogP contribution in [0.1, 0.15) is 11.1 Å². The minimum Gasteiger partial charge on any atom is -0.497 e. The first-order valence-electron chi connectivity index (χ1n) is 4.50. The van der Waals surface area contributed by atoms with Gasteiger partial charge in [-0.1, -0.05) is 6.07 Å². The van der Waals surface area contributed by atoms with Crippen molar-refractivity contribution in [1.82, 2.24) is 10.2 Å². The van der Waals surface area contributed by atoms with Gasteiger partial charge in [-0.25, -0.2) is 0 Å². The maximum Gasteiger partial charge on any atom is 0.119 e. The first-order chi connectivity index (χ1) is 6.88. The molecule has 14 heavy (non-hydrogen) atoms. The van der Waals surface area contributed by atoms with Gasteiger partial charge in [-0.15, -0.1) is 0 Å². The Bertz CT molecular complexity index is 488. The number of nitrogens with zero attached hydrogens (tertiary/aromatic N) is 1. The summed E-state index contributed by atoms with van der Waals surface area (Å²) in [5.74, 6) is 0.875. The molecule has 0 saturated carbocycles. The van der Waals surface area contributed by atoms with E-state index in [0.717, 1.165) is 29.0 Å². The van der Waals surface area contributed by atoms with Crippen molar-refractivity contribution in [3.63, 3.8) is 0 Å². The molecule has 0 bridgehead atoms. The Labute approximate surface area is 81.7 Å². The number of rotatable bonds is 1. The van der Waals surface area contributed by atoms with Crippen molar-refractivity contribution in [2.45, 2.75) is 6.42 Å². The monoisotopic (exact) mass is 185 g/mol. The third kappa shape index (κ3) is 0.894. The van der Waals surface area contributed by atoms with Crippen LogP contribution in [0.25, 0.3) is 11.3 Å². The number of benzene rings is 1. The lowest BCUT2D eigenvalue weighted by Crippen LogP contribution is -1.86. The van der Waals surface area contributed by atoms with Gasteiger partial charge >= 0.3 is 0 Å². The van der Waals surface area contributed by atoms with Crippen molar-refractivity contribution in [2.24, 2.45) is 0 Å². The number of aromatic amines is 1. The number of hydrogen-bond donors (Lipinski definition) is 1. The molecule has 0 spiro atoms. The molecule has 0 amide bonds. The van der Waals surface area contributed by atoms with E-state index < -0.39 is 0 Å². The van der Waals surface area contributed by atoms with Crippen LogP contribution in [-0.2, 0) is 6.42 Å². The molecule has 1 N–H and O–H groups in total. The normalized spacial score (nSPS) is 12.4. The van der Waals surface area contributed by atoms with Gasteiger partial charge in [0.15, 0.2) is 0 Å². The van der Waals surface area contributed by atoms with Gasteiger partial charge < -0.3 is 4.74 Å². The average molecular weight is 185 g/mol. The Balaban J connectivity index is 2.22. The van der Waals surface area contributed by atoms with E-state index in [1.807, 2.05) is 12.1 Å². The second kappa shape index (κ2) is 2.61. The average Bonchev–Trinajstić information content (AvgIpc) is 2.76. The van der Waals surface area contributed by atoms with E-state index in [9.17, 15) is 0 Å². The molecule has 1 aliphatic rings. The van der Waals surface area contributed by atoms with Crippen LogP contribution < -0.4 is 4.74 Å². The summed E-state index contributed by atoms with van der Waals surface area (Å²) in [5.41, 5.74) is 4.62. The quantitative estimate of drug-likeness (QED) is 0.627. The molecule has 0 saturated heterocycles. The molecular weight excluding hydrogens is 176 g/mol. The Hall–Kier alpha value is -1.77. The van der Waals surface area contributed by atoms with Gasteiger partial charge in [0, 0.05) is 17.5 Å². The Morgan fingerprint density at radius 1 is 1.50 bits per heavy atom. The molecule has 3 heteroatoms. The Morgan fingerprint density at radius 3 is 3.29 bits per heavy atom. The minimum atomic E-state index is 0.875.